The van der Waals surface area contributed by atoms with Gasteiger partial charge in [-0.2, -0.15) is 5.26 Å². The average molecular weight is 446 g/mol. The molecular weight excluding hydrogens is 406 g/mol. The first-order chi connectivity index (χ1) is 16.0. The van der Waals surface area contributed by atoms with E-state index in [1.807, 2.05) is 18.2 Å². The third kappa shape index (κ3) is 6.26. The van der Waals surface area contributed by atoms with E-state index in [9.17, 15) is 10.1 Å². The Hall–Kier alpha value is -2.60. The summed E-state index contributed by atoms with van der Waals surface area (Å²) in [6.07, 6.45) is 11.5. The van der Waals surface area contributed by atoms with E-state index in [4.69, 9.17) is 4.74 Å². The van der Waals surface area contributed by atoms with Crippen molar-refractivity contribution < 1.29 is 9.53 Å². The summed E-state index contributed by atoms with van der Waals surface area (Å²) < 4.78 is 5.97. The van der Waals surface area contributed by atoms with Crippen LogP contribution in [0.4, 0.5) is 0 Å². The summed E-state index contributed by atoms with van der Waals surface area (Å²) in [5, 5.41) is 9.76. The predicted octanol–water partition coefficient (Wildman–Crippen LogP) is 7.69. The van der Waals surface area contributed by atoms with E-state index < -0.39 is 5.41 Å². The summed E-state index contributed by atoms with van der Waals surface area (Å²) in [5.74, 6) is 0.747. The molecule has 1 atom stereocenters. The molecule has 1 aliphatic carbocycles. The Balaban J connectivity index is 1.81. The van der Waals surface area contributed by atoms with Crippen LogP contribution in [0.5, 0.6) is 5.75 Å². The van der Waals surface area contributed by atoms with Crippen LogP contribution >= 0.6 is 0 Å². The van der Waals surface area contributed by atoms with Crippen LogP contribution in [0.3, 0.4) is 0 Å². The van der Waals surface area contributed by atoms with E-state index in [1.165, 1.54) is 24.8 Å². The van der Waals surface area contributed by atoms with E-state index in [1.54, 1.807) is 0 Å². The molecule has 2 aromatic carbocycles. The molecule has 0 spiro atoms. The van der Waals surface area contributed by atoms with Gasteiger partial charge in [-0.25, -0.2) is 0 Å². The van der Waals surface area contributed by atoms with Crippen molar-refractivity contribution >= 4 is 5.97 Å². The quantitative estimate of drug-likeness (QED) is 0.278. The zero-order valence-corrected chi connectivity index (χ0v) is 20.7. The number of esters is 1. The molecule has 1 saturated carbocycles. The van der Waals surface area contributed by atoms with Gasteiger partial charge < -0.3 is 4.74 Å². The molecule has 0 aliphatic heterocycles. The zero-order chi connectivity index (χ0) is 23.7. The summed E-state index contributed by atoms with van der Waals surface area (Å²) in [6.45, 7) is 6.65. The van der Waals surface area contributed by atoms with Crippen LogP contribution < -0.4 is 4.74 Å². The van der Waals surface area contributed by atoms with Gasteiger partial charge in [0.25, 0.3) is 0 Å². The molecule has 0 amide bonds. The Morgan fingerprint density at radius 1 is 1.03 bits per heavy atom. The summed E-state index contributed by atoms with van der Waals surface area (Å²) >= 11 is 0. The lowest BCUT2D eigenvalue weighted by Gasteiger charge is -2.35. The minimum Gasteiger partial charge on any atom is -0.424 e. The number of hydrogen-bond acceptors (Lipinski definition) is 3. The molecule has 33 heavy (non-hydrogen) atoms. The highest BCUT2D eigenvalue weighted by molar-refractivity contribution is 5.85. The predicted molar refractivity (Wildman–Crippen MR) is 134 cm³/mol. The van der Waals surface area contributed by atoms with Crippen molar-refractivity contribution in [3.63, 3.8) is 0 Å². The molecule has 2 aromatic rings. The number of nitrogens with zero attached hydrogens (tertiary/aromatic N) is 1. The molecule has 3 heteroatoms. The number of benzene rings is 2. The molecule has 0 saturated heterocycles. The first-order valence-corrected chi connectivity index (χ1v) is 12.9. The van der Waals surface area contributed by atoms with Gasteiger partial charge in [0.15, 0.2) is 0 Å². The molecule has 1 unspecified atom stereocenters. The number of nitriles is 1. The first kappa shape index (κ1) is 25.0. The topological polar surface area (TPSA) is 50.1 Å². The van der Waals surface area contributed by atoms with E-state index in [-0.39, 0.29) is 5.97 Å². The first-order valence-electron chi connectivity index (χ1n) is 12.9. The second-order valence-corrected chi connectivity index (χ2v) is 9.87. The molecule has 0 radical (unpaired) electrons. The van der Waals surface area contributed by atoms with Crippen molar-refractivity contribution in [1.29, 1.82) is 5.26 Å². The number of ether oxygens (including phenoxy) is 1. The Morgan fingerprint density at radius 3 is 2.36 bits per heavy atom. The highest BCUT2D eigenvalue weighted by atomic mass is 16.5. The average Bonchev–Trinajstić information content (AvgIpc) is 2.84. The van der Waals surface area contributed by atoms with Gasteiger partial charge >= 0.3 is 5.97 Å². The second kappa shape index (κ2) is 12.0. The number of carbonyl (C=O) groups is 1. The van der Waals surface area contributed by atoms with Gasteiger partial charge in [0.05, 0.1) is 11.0 Å². The molecule has 0 heterocycles. The molecular formula is C30H39NO2. The molecule has 3 nitrogen and oxygen atoms in total. The molecule has 3 rings (SSSR count). The van der Waals surface area contributed by atoms with Crippen LogP contribution in [0.1, 0.15) is 101 Å². The molecule has 0 bridgehead atoms. The Morgan fingerprint density at radius 2 is 1.73 bits per heavy atom. The molecule has 1 aliphatic rings. The van der Waals surface area contributed by atoms with Crippen molar-refractivity contribution in [2.24, 2.45) is 5.92 Å². The summed E-state index contributed by atoms with van der Waals surface area (Å²) in [7, 11) is 0. The van der Waals surface area contributed by atoms with Crippen LogP contribution in [0.2, 0.25) is 0 Å². The number of rotatable bonds is 10. The van der Waals surface area contributed by atoms with E-state index in [2.05, 4.69) is 51.1 Å². The minimum absolute atomic E-state index is 0.217. The van der Waals surface area contributed by atoms with E-state index >= 15 is 0 Å². The number of carbonyl (C=O) groups excluding carboxylic acids is 1. The summed E-state index contributed by atoms with van der Waals surface area (Å²) in [6, 6.07) is 16.5. The van der Waals surface area contributed by atoms with Crippen molar-refractivity contribution in [3.8, 4) is 11.8 Å². The lowest BCUT2D eigenvalue weighted by Crippen LogP contribution is -2.41. The van der Waals surface area contributed by atoms with Crippen LogP contribution in [0.25, 0.3) is 0 Å². The third-order valence-corrected chi connectivity index (χ3v) is 7.14. The van der Waals surface area contributed by atoms with Gasteiger partial charge in [-0.05, 0) is 60.4 Å². The van der Waals surface area contributed by atoms with Gasteiger partial charge in [0, 0.05) is 0 Å². The van der Waals surface area contributed by atoms with Crippen LogP contribution in [0.15, 0.2) is 42.5 Å². The number of aryl methyl sites for hydroxylation is 1. The van der Waals surface area contributed by atoms with Crippen molar-refractivity contribution in [2.45, 2.75) is 96.8 Å². The van der Waals surface area contributed by atoms with Gasteiger partial charge in [-0.3, -0.25) is 4.79 Å². The summed E-state index contributed by atoms with van der Waals surface area (Å²) in [5.41, 5.74) is 3.31. The maximum atomic E-state index is 13.6. The van der Waals surface area contributed by atoms with E-state index in [0.717, 1.165) is 62.5 Å². The molecule has 0 N–H and O–H groups in total. The van der Waals surface area contributed by atoms with Gasteiger partial charge in [0.1, 0.15) is 11.8 Å². The largest absolute Gasteiger partial charge is 0.424 e. The second-order valence-electron chi connectivity index (χ2n) is 9.87. The van der Waals surface area contributed by atoms with Gasteiger partial charge in [-0.1, -0.05) is 96.0 Å². The lowest BCUT2D eigenvalue weighted by atomic mass is 9.69. The number of unbranched alkanes of at least 4 members (excludes halogenated alkanes) is 1. The smallest absolute Gasteiger partial charge is 0.321 e. The summed E-state index contributed by atoms with van der Waals surface area (Å²) in [4.78, 5) is 13.6. The third-order valence-electron chi connectivity index (χ3n) is 7.14. The van der Waals surface area contributed by atoms with Crippen LogP contribution in [-0.4, -0.2) is 5.97 Å². The fourth-order valence-corrected chi connectivity index (χ4v) is 5.18. The highest BCUT2D eigenvalue weighted by Gasteiger charge is 2.43. The molecule has 0 aromatic heterocycles. The van der Waals surface area contributed by atoms with Crippen molar-refractivity contribution in [3.05, 3.63) is 64.7 Å². The SMILES string of the molecule is CCCCC(C)Cc1ccc(OC(=O)C2(c3ccc(CCC)cc3)CCCCC2)c(C#N)c1. The highest BCUT2D eigenvalue weighted by Crippen LogP contribution is 2.41. The lowest BCUT2D eigenvalue weighted by molar-refractivity contribution is -0.142. The Bertz CT molecular complexity index is 948. The number of hydrogen-bond donors (Lipinski definition) is 0. The minimum atomic E-state index is -0.622. The van der Waals surface area contributed by atoms with Crippen molar-refractivity contribution in [1.82, 2.24) is 0 Å². The monoisotopic (exact) mass is 445 g/mol. The van der Waals surface area contributed by atoms with Crippen LogP contribution in [0, 0.1) is 17.2 Å². The zero-order valence-electron chi connectivity index (χ0n) is 20.7. The normalized spacial score (nSPS) is 16.1. The maximum absolute atomic E-state index is 13.6. The molecule has 1 fully saturated rings. The van der Waals surface area contributed by atoms with E-state index in [0.29, 0.717) is 17.2 Å². The Labute approximate surface area is 200 Å². The fraction of sp³-hybridized carbons (Fsp3) is 0.533. The van der Waals surface area contributed by atoms with Crippen LogP contribution in [-0.2, 0) is 23.1 Å². The standard InChI is InChI=1S/C30H39NO2/c1-4-6-11-23(3)20-25-14-17-28(26(21-25)22-31)33-29(32)30(18-8-7-9-19-30)27-15-12-24(10-5-2)13-16-27/h12-17,21,23H,4-11,18-20H2,1-3H3. The van der Waals surface area contributed by atoms with Gasteiger partial charge in [-0.15, -0.1) is 0 Å². The maximum Gasteiger partial charge on any atom is 0.321 e. The van der Waals surface area contributed by atoms with Crippen molar-refractivity contribution in [2.75, 3.05) is 0 Å². The Kier molecular flexibility index (Phi) is 9.12. The molecule has 176 valence electrons. The van der Waals surface area contributed by atoms with Gasteiger partial charge in [0.2, 0.25) is 0 Å². The fourth-order valence-electron chi connectivity index (χ4n) is 5.18.